The zero-order valence-electron chi connectivity index (χ0n) is 18.4. The number of carbonyl (C=O) groups excluding carboxylic acids is 2. The van der Waals surface area contributed by atoms with Gasteiger partial charge < -0.3 is 20.7 Å². The highest BCUT2D eigenvalue weighted by Crippen LogP contribution is 2.27. The number of thiocarbonyl (C=S) groups is 1. The number of hydrogen-bond acceptors (Lipinski definition) is 4. The third-order valence-corrected chi connectivity index (χ3v) is 5.35. The fourth-order valence-electron chi connectivity index (χ4n) is 3.02. The molecular formula is C25H23Cl2N3O3S. The Morgan fingerprint density at radius 2 is 1.68 bits per heavy atom. The van der Waals surface area contributed by atoms with Crippen LogP contribution in [0.15, 0.2) is 66.7 Å². The number of carbonyl (C=O) groups is 2. The predicted molar refractivity (Wildman–Crippen MR) is 141 cm³/mol. The van der Waals surface area contributed by atoms with E-state index in [1.165, 1.54) is 0 Å². The number of nitrogens with one attached hydrogen (secondary N) is 3. The van der Waals surface area contributed by atoms with Crippen LogP contribution in [0.2, 0.25) is 10.0 Å². The van der Waals surface area contributed by atoms with Crippen LogP contribution in [-0.4, -0.2) is 23.5 Å². The van der Waals surface area contributed by atoms with Gasteiger partial charge in [0.1, 0.15) is 5.75 Å². The van der Waals surface area contributed by atoms with Crippen molar-refractivity contribution in [2.24, 2.45) is 0 Å². The third kappa shape index (κ3) is 8.02. The van der Waals surface area contributed by atoms with Crippen LogP contribution >= 0.6 is 35.4 Å². The third-order valence-electron chi connectivity index (χ3n) is 4.61. The van der Waals surface area contributed by atoms with Crippen LogP contribution in [0.1, 0.15) is 28.8 Å². The second kappa shape index (κ2) is 12.4. The maximum atomic E-state index is 12.6. The van der Waals surface area contributed by atoms with E-state index in [4.69, 9.17) is 40.2 Å². The molecule has 0 aliphatic rings. The summed E-state index contributed by atoms with van der Waals surface area (Å²) in [5.74, 6) is 0.0108. The number of aryl methyl sites for hydroxylation is 1. The summed E-state index contributed by atoms with van der Waals surface area (Å²) in [6, 6.07) is 19.4. The largest absolute Gasteiger partial charge is 0.492 e. The highest BCUT2D eigenvalue weighted by atomic mass is 35.5. The van der Waals surface area contributed by atoms with Crippen LogP contribution in [0.4, 0.5) is 11.4 Å². The van der Waals surface area contributed by atoms with Crippen molar-refractivity contribution in [1.29, 1.82) is 0 Å². The molecule has 0 fully saturated rings. The van der Waals surface area contributed by atoms with E-state index in [9.17, 15) is 9.59 Å². The maximum Gasteiger partial charge on any atom is 0.255 e. The highest BCUT2D eigenvalue weighted by molar-refractivity contribution is 7.80. The molecule has 0 bridgehead atoms. The van der Waals surface area contributed by atoms with Gasteiger partial charge in [-0.1, -0.05) is 41.4 Å². The standard InChI is InChI=1S/C25H23Cl2N3O3S/c1-16-5-2-7-19(13-16)28-24(32)17-6-3-8-20(14-17)29-25(34)30-23(31)9-4-12-33-22-11-10-18(26)15-21(22)27/h2-3,5-8,10-11,13-15H,4,9,12H2,1H3,(H,28,32)(H2,29,30,31,34). The molecule has 0 heterocycles. The molecule has 0 saturated carbocycles. The SMILES string of the molecule is Cc1cccc(NC(=O)c2cccc(NC(=S)NC(=O)CCCOc3ccc(Cl)cc3Cl)c2)c1. The highest BCUT2D eigenvalue weighted by Gasteiger charge is 2.10. The zero-order valence-corrected chi connectivity index (χ0v) is 20.7. The summed E-state index contributed by atoms with van der Waals surface area (Å²) in [5.41, 5.74) is 2.81. The molecule has 0 unspecified atom stereocenters. The first kappa shape index (κ1) is 25.5. The van der Waals surface area contributed by atoms with Gasteiger partial charge in [0.25, 0.3) is 5.91 Å². The van der Waals surface area contributed by atoms with Gasteiger partial charge in [-0.3, -0.25) is 9.59 Å². The second-order valence-electron chi connectivity index (χ2n) is 7.43. The molecule has 3 aromatic carbocycles. The topological polar surface area (TPSA) is 79.5 Å². The lowest BCUT2D eigenvalue weighted by Gasteiger charge is -2.12. The van der Waals surface area contributed by atoms with Crippen molar-refractivity contribution in [2.45, 2.75) is 19.8 Å². The summed E-state index contributed by atoms with van der Waals surface area (Å²) in [6.45, 7) is 2.27. The van der Waals surface area contributed by atoms with E-state index in [1.54, 1.807) is 42.5 Å². The van der Waals surface area contributed by atoms with E-state index in [2.05, 4.69) is 16.0 Å². The lowest BCUT2D eigenvalue weighted by molar-refractivity contribution is -0.119. The quantitative estimate of drug-likeness (QED) is 0.245. The normalized spacial score (nSPS) is 10.3. The molecule has 34 heavy (non-hydrogen) atoms. The van der Waals surface area contributed by atoms with Gasteiger partial charge in [-0.15, -0.1) is 0 Å². The molecule has 3 rings (SSSR count). The van der Waals surface area contributed by atoms with E-state index in [-0.39, 0.29) is 23.3 Å². The van der Waals surface area contributed by atoms with Crippen molar-refractivity contribution < 1.29 is 14.3 Å². The van der Waals surface area contributed by atoms with Crippen molar-refractivity contribution in [1.82, 2.24) is 5.32 Å². The lowest BCUT2D eigenvalue weighted by Crippen LogP contribution is -2.34. The number of amides is 2. The average molecular weight is 516 g/mol. The minimum atomic E-state index is -0.253. The Labute approximate surface area is 213 Å². The number of halogens is 2. The molecule has 0 atom stereocenters. The fourth-order valence-corrected chi connectivity index (χ4v) is 3.72. The Bertz CT molecular complexity index is 1200. The van der Waals surface area contributed by atoms with Gasteiger partial charge in [0.2, 0.25) is 5.91 Å². The molecule has 0 aliphatic heterocycles. The predicted octanol–water partition coefficient (Wildman–Crippen LogP) is 6.23. The summed E-state index contributed by atoms with van der Waals surface area (Å²) in [5, 5.41) is 9.49. The second-order valence-corrected chi connectivity index (χ2v) is 8.69. The molecule has 0 spiro atoms. The van der Waals surface area contributed by atoms with Crippen molar-refractivity contribution >= 4 is 63.7 Å². The number of rotatable bonds is 8. The van der Waals surface area contributed by atoms with Gasteiger partial charge in [-0.05, 0) is 79.7 Å². The number of benzene rings is 3. The van der Waals surface area contributed by atoms with Crippen molar-refractivity contribution in [3.05, 3.63) is 87.9 Å². The Kier molecular flexibility index (Phi) is 9.27. The minimum absolute atomic E-state index is 0.142. The molecule has 176 valence electrons. The minimum Gasteiger partial charge on any atom is -0.492 e. The van der Waals surface area contributed by atoms with Crippen molar-refractivity contribution in [3.63, 3.8) is 0 Å². The van der Waals surface area contributed by atoms with Crippen molar-refractivity contribution in [2.75, 3.05) is 17.2 Å². The molecular weight excluding hydrogens is 493 g/mol. The Hall–Kier alpha value is -3.13. The smallest absolute Gasteiger partial charge is 0.255 e. The van der Waals surface area contributed by atoms with Gasteiger partial charge in [-0.2, -0.15) is 0 Å². The van der Waals surface area contributed by atoms with Crippen LogP contribution < -0.4 is 20.7 Å². The molecule has 0 radical (unpaired) electrons. The summed E-state index contributed by atoms with van der Waals surface area (Å²) < 4.78 is 5.57. The number of hydrogen-bond donors (Lipinski definition) is 3. The summed E-state index contributed by atoms with van der Waals surface area (Å²) in [7, 11) is 0. The summed E-state index contributed by atoms with van der Waals surface area (Å²) in [4.78, 5) is 24.7. The molecule has 6 nitrogen and oxygen atoms in total. The first-order valence-electron chi connectivity index (χ1n) is 10.5. The number of ether oxygens (including phenoxy) is 1. The Morgan fingerprint density at radius 1 is 0.941 bits per heavy atom. The zero-order chi connectivity index (χ0) is 24.5. The molecule has 0 aliphatic carbocycles. The van der Waals surface area contributed by atoms with Gasteiger partial charge in [0.05, 0.1) is 11.6 Å². The molecule has 2 amide bonds. The van der Waals surface area contributed by atoms with Crippen LogP contribution in [0.25, 0.3) is 0 Å². The summed E-state index contributed by atoms with van der Waals surface area (Å²) >= 11 is 17.1. The first-order valence-corrected chi connectivity index (χ1v) is 11.6. The Morgan fingerprint density at radius 3 is 2.41 bits per heavy atom. The van der Waals surface area contributed by atoms with Crippen LogP contribution in [0.3, 0.4) is 0 Å². The van der Waals surface area contributed by atoms with E-state index in [0.717, 1.165) is 5.56 Å². The van der Waals surface area contributed by atoms with Gasteiger partial charge >= 0.3 is 0 Å². The molecule has 0 saturated heterocycles. The molecule has 3 aromatic rings. The first-order chi connectivity index (χ1) is 16.3. The van der Waals surface area contributed by atoms with E-state index in [0.29, 0.717) is 45.8 Å². The van der Waals surface area contributed by atoms with Crippen LogP contribution in [-0.2, 0) is 4.79 Å². The van der Waals surface area contributed by atoms with Gasteiger partial charge in [-0.25, -0.2) is 0 Å². The van der Waals surface area contributed by atoms with E-state index < -0.39 is 0 Å². The Balaban J connectivity index is 1.44. The van der Waals surface area contributed by atoms with Gasteiger partial charge in [0, 0.05) is 28.4 Å². The van der Waals surface area contributed by atoms with E-state index >= 15 is 0 Å². The average Bonchev–Trinajstić information content (AvgIpc) is 2.78. The van der Waals surface area contributed by atoms with Crippen molar-refractivity contribution in [3.8, 4) is 5.75 Å². The maximum absolute atomic E-state index is 12.6. The van der Waals surface area contributed by atoms with E-state index in [1.807, 2.05) is 31.2 Å². The molecule has 0 aromatic heterocycles. The molecule has 3 N–H and O–H groups in total. The lowest BCUT2D eigenvalue weighted by atomic mass is 10.1. The number of anilines is 2. The molecule has 9 heteroatoms. The van der Waals surface area contributed by atoms with Gasteiger partial charge in [0.15, 0.2) is 5.11 Å². The van der Waals surface area contributed by atoms with Crippen LogP contribution in [0, 0.1) is 6.92 Å². The summed E-state index contributed by atoms with van der Waals surface area (Å²) in [6.07, 6.45) is 0.688. The monoisotopic (exact) mass is 515 g/mol. The van der Waals surface area contributed by atoms with Crippen LogP contribution in [0.5, 0.6) is 5.75 Å². The fraction of sp³-hybridized carbons (Fsp3) is 0.160.